The first-order valence-corrected chi connectivity index (χ1v) is 8.18. The van der Waals surface area contributed by atoms with Crippen molar-refractivity contribution in [2.24, 2.45) is 5.10 Å². The Balaban J connectivity index is 1.79. The molecule has 0 fully saturated rings. The van der Waals surface area contributed by atoms with Gasteiger partial charge in [0.05, 0.1) is 12.8 Å². The molecule has 0 radical (unpaired) electrons. The van der Waals surface area contributed by atoms with Crippen molar-refractivity contribution in [3.05, 3.63) is 60.2 Å². The van der Waals surface area contributed by atoms with E-state index in [9.17, 15) is 4.79 Å². The minimum absolute atomic E-state index is 0.183. The summed E-state index contributed by atoms with van der Waals surface area (Å²) in [5.41, 5.74) is 5.56. The minimum atomic E-state index is -0.185. The molecule has 0 saturated carbocycles. The van der Waals surface area contributed by atoms with Gasteiger partial charge in [0.15, 0.2) is 0 Å². The summed E-state index contributed by atoms with van der Waals surface area (Å²) in [6.45, 7) is 6.42. The second-order valence-corrected chi connectivity index (χ2v) is 5.28. The van der Waals surface area contributed by atoms with Crippen LogP contribution in [0.4, 0.5) is 11.4 Å². The molecule has 0 aliphatic heterocycles. The molecule has 0 atom stereocenters. The van der Waals surface area contributed by atoms with E-state index in [1.165, 1.54) is 5.69 Å². The smallest absolute Gasteiger partial charge is 0.259 e. The lowest BCUT2D eigenvalue weighted by molar-refractivity contribution is -0.119. The zero-order valence-electron chi connectivity index (χ0n) is 14.2. The van der Waals surface area contributed by atoms with Crippen LogP contribution in [0.2, 0.25) is 0 Å². The van der Waals surface area contributed by atoms with Crippen LogP contribution in [-0.4, -0.2) is 31.8 Å². The Labute approximate surface area is 143 Å². The third-order valence-corrected chi connectivity index (χ3v) is 3.65. The SMILES string of the molecule is CCN(CC)c1ccc(C=NNC(=O)CNc2ccccc2)cc1. The van der Waals surface area contributed by atoms with Crippen molar-refractivity contribution < 1.29 is 4.79 Å². The topological polar surface area (TPSA) is 56.7 Å². The number of carbonyl (C=O) groups excluding carboxylic acids is 1. The number of hydrazone groups is 1. The standard InChI is InChI=1S/C19H24N4O/c1-3-23(4-2)18-12-10-16(11-13-18)14-21-22-19(24)15-20-17-8-6-5-7-9-17/h5-14,20H,3-4,15H2,1-2H3,(H,22,24). The van der Waals surface area contributed by atoms with Gasteiger partial charge >= 0.3 is 0 Å². The number of nitrogens with one attached hydrogen (secondary N) is 2. The van der Waals surface area contributed by atoms with Gasteiger partial charge < -0.3 is 10.2 Å². The number of rotatable bonds is 8. The summed E-state index contributed by atoms with van der Waals surface area (Å²) in [6.07, 6.45) is 1.65. The number of benzene rings is 2. The molecule has 2 aromatic carbocycles. The normalized spacial score (nSPS) is 10.6. The van der Waals surface area contributed by atoms with Crippen LogP contribution in [0.15, 0.2) is 59.7 Å². The highest BCUT2D eigenvalue weighted by molar-refractivity contribution is 5.84. The van der Waals surface area contributed by atoms with Gasteiger partial charge in [-0.05, 0) is 43.7 Å². The van der Waals surface area contributed by atoms with Gasteiger partial charge in [-0.1, -0.05) is 30.3 Å². The van der Waals surface area contributed by atoms with E-state index < -0.39 is 0 Å². The van der Waals surface area contributed by atoms with Crippen LogP contribution in [-0.2, 0) is 4.79 Å². The highest BCUT2D eigenvalue weighted by Crippen LogP contribution is 2.13. The second-order valence-electron chi connectivity index (χ2n) is 5.28. The Bertz CT molecular complexity index is 649. The largest absolute Gasteiger partial charge is 0.376 e. The zero-order chi connectivity index (χ0) is 17.2. The van der Waals surface area contributed by atoms with Gasteiger partial charge in [-0.3, -0.25) is 4.79 Å². The van der Waals surface area contributed by atoms with E-state index in [1.54, 1.807) is 6.21 Å². The van der Waals surface area contributed by atoms with E-state index in [4.69, 9.17) is 0 Å². The molecule has 2 aromatic rings. The molecule has 0 aliphatic rings. The molecule has 0 bridgehead atoms. The summed E-state index contributed by atoms with van der Waals surface area (Å²) in [4.78, 5) is 14.0. The van der Waals surface area contributed by atoms with Gasteiger partial charge in [0.25, 0.3) is 5.91 Å². The number of para-hydroxylation sites is 1. The molecule has 24 heavy (non-hydrogen) atoms. The minimum Gasteiger partial charge on any atom is -0.376 e. The van der Waals surface area contributed by atoms with E-state index in [0.29, 0.717) is 0 Å². The van der Waals surface area contributed by atoms with Crippen LogP contribution < -0.4 is 15.6 Å². The monoisotopic (exact) mass is 324 g/mol. The summed E-state index contributed by atoms with van der Waals surface area (Å²) in [7, 11) is 0. The summed E-state index contributed by atoms with van der Waals surface area (Å²) in [5, 5.41) is 7.02. The third-order valence-electron chi connectivity index (χ3n) is 3.65. The number of amides is 1. The van der Waals surface area contributed by atoms with Crippen LogP contribution in [0.5, 0.6) is 0 Å². The first-order valence-electron chi connectivity index (χ1n) is 8.18. The lowest BCUT2D eigenvalue weighted by Gasteiger charge is -2.20. The van der Waals surface area contributed by atoms with E-state index in [1.807, 2.05) is 42.5 Å². The van der Waals surface area contributed by atoms with Crippen molar-refractivity contribution in [2.45, 2.75) is 13.8 Å². The van der Waals surface area contributed by atoms with Crippen molar-refractivity contribution in [2.75, 3.05) is 29.9 Å². The molecule has 0 aromatic heterocycles. The molecule has 0 heterocycles. The predicted molar refractivity (Wildman–Crippen MR) is 101 cm³/mol. The summed E-state index contributed by atoms with van der Waals surface area (Å²) < 4.78 is 0. The lowest BCUT2D eigenvalue weighted by Crippen LogP contribution is -2.25. The van der Waals surface area contributed by atoms with E-state index >= 15 is 0 Å². The molecule has 5 nitrogen and oxygen atoms in total. The molecular formula is C19H24N4O. The molecule has 126 valence electrons. The molecule has 0 aliphatic carbocycles. The Kier molecular flexibility index (Phi) is 6.83. The first-order chi connectivity index (χ1) is 11.7. The molecule has 0 unspecified atom stereocenters. The van der Waals surface area contributed by atoms with E-state index in [0.717, 1.165) is 24.3 Å². The molecule has 2 N–H and O–H groups in total. The van der Waals surface area contributed by atoms with Crippen LogP contribution in [0.1, 0.15) is 19.4 Å². The number of nitrogens with zero attached hydrogens (tertiary/aromatic N) is 2. The van der Waals surface area contributed by atoms with Crippen LogP contribution in [0.25, 0.3) is 0 Å². The van der Waals surface area contributed by atoms with Crippen molar-refractivity contribution in [1.29, 1.82) is 0 Å². The van der Waals surface area contributed by atoms with Crippen LogP contribution in [0, 0.1) is 0 Å². The number of hydrogen-bond donors (Lipinski definition) is 2. The maximum absolute atomic E-state index is 11.7. The molecule has 2 rings (SSSR count). The van der Waals surface area contributed by atoms with Gasteiger partial charge in [0, 0.05) is 24.5 Å². The highest BCUT2D eigenvalue weighted by atomic mass is 16.2. The summed E-state index contributed by atoms with van der Waals surface area (Å²) in [5.74, 6) is -0.185. The molecule has 0 saturated heterocycles. The molecular weight excluding hydrogens is 300 g/mol. The number of anilines is 2. The Morgan fingerprint density at radius 2 is 1.71 bits per heavy atom. The zero-order valence-corrected chi connectivity index (χ0v) is 14.2. The van der Waals surface area contributed by atoms with Gasteiger partial charge in [-0.25, -0.2) is 5.43 Å². The predicted octanol–water partition coefficient (Wildman–Crippen LogP) is 3.10. The van der Waals surface area contributed by atoms with Gasteiger partial charge in [-0.15, -0.1) is 0 Å². The van der Waals surface area contributed by atoms with Gasteiger partial charge in [0.2, 0.25) is 0 Å². The fourth-order valence-electron chi connectivity index (χ4n) is 2.32. The number of carbonyl (C=O) groups is 1. The van der Waals surface area contributed by atoms with Crippen molar-refractivity contribution >= 4 is 23.5 Å². The van der Waals surface area contributed by atoms with Crippen LogP contribution in [0.3, 0.4) is 0 Å². The van der Waals surface area contributed by atoms with Crippen molar-refractivity contribution in [3.63, 3.8) is 0 Å². The molecule has 1 amide bonds. The first kappa shape index (κ1) is 17.5. The number of hydrogen-bond acceptors (Lipinski definition) is 4. The average molecular weight is 324 g/mol. The fraction of sp³-hybridized carbons (Fsp3) is 0.263. The Morgan fingerprint density at radius 3 is 2.33 bits per heavy atom. The third kappa shape index (κ3) is 5.43. The average Bonchev–Trinajstić information content (AvgIpc) is 2.63. The second kappa shape index (κ2) is 9.35. The van der Waals surface area contributed by atoms with Gasteiger partial charge in [0.1, 0.15) is 0 Å². The molecule has 0 spiro atoms. The van der Waals surface area contributed by atoms with Crippen LogP contribution >= 0.6 is 0 Å². The Morgan fingerprint density at radius 1 is 1.04 bits per heavy atom. The fourth-order valence-corrected chi connectivity index (χ4v) is 2.32. The quantitative estimate of drug-likeness (QED) is 0.579. The van der Waals surface area contributed by atoms with Crippen molar-refractivity contribution in [1.82, 2.24) is 5.43 Å². The van der Waals surface area contributed by atoms with E-state index in [2.05, 4.69) is 46.7 Å². The highest BCUT2D eigenvalue weighted by Gasteiger charge is 2.01. The summed E-state index contributed by atoms with van der Waals surface area (Å²) >= 11 is 0. The van der Waals surface area contributed by atoms with Crippen molar-refractivity contribution in [3.8, 4) is 0 Å². The Hall–Kier alpha value is -2.82. The maximum Gasteiger partial charge on any atom is 0.259 e. The molecule has 5 heteroatoms. The van der Waals surface area contributed by atoms with Gasteiger partial charge in [-0.2, -0.15) is 5.10 Å². The maximum atomic E-state index is 11.7. The summed E-state index contributed by atoms with van der Waals surface area (Å²) in [6, 6.07) is 17.7. The lowest BCUT2D eigenvalue weighted by atomic mass is 10.2. The van der Waals surface area contributed by atoms with E-state index in [-0.39, 0.29) is 12.5 Å².